The minimum absolute atomic E-state index is 0.128. The lowest BCUT2D eigenvalue weighted by atomic mass is 10.1. The number of nitro benzene ring substituents is 1. The van der Waals surface area contributed by atoms with Crippen molar-refractivity contribution < 1.29 is 33.5 Å². The van der Waals surface area contributed by atoms with Crippen molar-refractivity contribution in [2.45, 2.75) is 0 Å². The van der Waals surface area contributed by atoms with Crippen LogP contribution in [0, 0.1) is 10.1 Å². The first-order valence-corrected chi connectivity index (χ1v) is 10.8. The van der Waals surface area contributed by atoms with Gasteiger partial charge in [0.15, 0.2) is 0 Å². The minimum atomic E-state index is -0.549. The molecule has 2 N–H and O–H groups in total. The summed E-state index contributed by atoms with van der Waals surface area (Å²) >= 11 is 0. The van der Waals surface area contributed by atoms with Gasteiger partial charge in [0.05, 0.1) is 44.6 Å². The molecule has 3 rings (SSSR count). The Morgan fingerprint density at radius 2 is 1.43 bits per heavy atom. The molecule has 0 aliphatic carbocycles. The van der Waals surface area contributed by atoms with Crippen molar-refractivity contribution in [3.05, 3.63) is 81.9 Å². The molecule has 0 unspecified atom stereocenters. The monoisotopic (exact) mass is 507 g/mol. The number of carbonyl (C=O) groups excluding carboxylic acids is 2. The fraction of sp³-hybridized carbons (Fsp3) is 0.154. The third-order valence-electron chi connectivity index (χ3n) is 5.21. The number of methoxy groups -OCH3 is 4. The number of amides is 2. The van der Waals surface area contributed by atoms with Crippen LogP contribution < -0.4 is 29.6 Å². The van der Waals surface area contributed by atoms with Crippen LogP contribution in [-0.2, 0) is 4.79 Å². The quantitative estimate of drug-likeness (QED) is 0.232. The number of nitrogens with zero attached hydrogens (tertiary/aromatic N) is 1. The van der Waals surface area contributed by atoms with E-state index in [-0.39, 0.29) is 11.3 Å². The first kappa shape index (κ1) is 26.5. The summed E-state index contributed by atoms with van der Waals surface area (Å²) in [6.45, 7) is 0. The van der Waals surface area contributed by atoms with Gasteiger partial charge in [0.25, 0.3) is 11.6 Å². The van der Waals surface area contributed by atoms with Crippen LogP contribution >= 0.6 is 0 Å². The van der Waals surface area contributed by atoms with Crippen molar-refractivity contribution in [2.75, 3.05) is 39.1 Å². The van der Waals surface area contributed by atoms with Gasteiger partial charge < -0.3 is 29.6 Å². The van der Waals surface area contributed by atoms with Gasteiger partial charge in [0.1, 0.15) is 23.0 Å². The molecule has 0 saturated heterocycles. The zero-order chi connectivity index (χ0) is 26.9. The van der Waals surface area contributed by atoms with Crippen molar-refractivity contribution in [1.82, 2.24) is 0 Å². The summed E-state index contributed by atoms with van der Waals surface area (Å²) in [6.07, 6.45) is 2.86. The van der Waals surface area contributed by atoms with E-state index in [0.717, 1.165) is 0 Å². The van der Waals surface area contributed by atoms with Crippen LogP contribution in [-0.4, -0.2) is 45.2 Å². The Kier molecular flexibility index (Phi) is 8.66. The Morgan fingerprint density at radius 1 is 0.811 bits per heavy atom. The molecule has 0 saturated carbocycles. The molecule has 0 spiro atoms. The predicted molar refractivity (Wildman–Crippen MR) is 138 cm³/mol. The molecule has 37 heavy (non-hydrogen) atoms. The highest BCUT2D eigenvalue weighted by Gasteiger charge is 2.14. The minimum Gasteiger partial charge on any atom is -0.496 e. The topological polar surface area (TPSA) is 138 Å². The number of rotatable bonds is 10. The molecule has 0 atom stereocenters. The van der Waals surface area contributed by atoms with Crippen LogP contribution in [0.25, 0.3) is 6.08 Å². The van der Waals surface area contributed by atoms with Crippen LogP contribution in [0.2, 0.25) is 0 Å². The molecule has 3 aromatic rings. The molecule has 3 aromatic carbocycles. The highest BCUT2D eigenvalue weighted by molar-refractivity contribution is 6.06. The number of non-ortho nitro benzene ring substituents is 1. The van der Waals surface area contributed by atoms with E-state index in [2.05, 4.69) is 10.6 Å². The summed E-state index contributed by atoms with van der Waals surface area (Å²) in [5.41, 5.74) is 1.32. The maximum absolute atomic E-state index is 12.7. The van der Waals surface area contributed by atoms with Gasteiger partial charge in [0, 0.05) is 41.6 Å². The van der Waals surface area contributed by atoms with Gasteiger partial charge in [-0.15, -0.1) is 0 Å². The van der Waals surface area contributed by atoms with E-state index < -0.39 is 16.7 Å². The predicted octanol–water partition coefficient (Wildman–Crippen LogP) is 4.53. The third-order valence-corrected chi connectivity index (χ3v) is 5.21. The summed E-state index contributed by atoms with van der Waals surface area (Å²) in [7, 11) is 5.95. The molecule has 0 aliphatic heterocycles. The zero-order valence-electron chi connectivity index (χ0n) is 20.6. The normalized spacial score (nSPS) is 10.5. The van der Waals surface area contributed by atoms with Crippen LogP contribution in [0.3, 0.4) is 0 Å². The third kappa shape index (κ3) is 6.54. The number of anilines is 2. The SMILES string of the molecule is COc1cc(OC)c(C=CC(=O)Nc2ccc(OC)c(NC(=O)c3ccc([N+](=O)[O-])cc3)c2)c(OC)c1. The maximum Gasteiger partial charge on any atom is 0.269 e. The van der Waals surface area contributed by atoms with E-state index in [1.54, 1.807) is 30.3 Å². The fourth-order valence-corrected chi connectivity index (χ4v) is 3.35. The molecular weight excluding hydrogens is 482 g/mol. The highest BCUT2D eigenvalue weighted by atomic mass is 16.6. The average Bonchev–Trinajstić information content (AvgIpc) is 2.91. The first-order valence-electron chi connectivity index (χ1n) is 10.8. The van der Waals surface area contributed by atoms with Crippen molar-refractivity contribution in [1.29, 1.82) is 0 Å². The lowest BCUT2D eigenvalue weighted by Gasteiger charge is -2.13. The molecule has 0 aromatic heterocycles. The number of nitrogens with one attached hydrogen (secondary N) is 2. The molecular formula is C26H25N3O8. The molecule has 0 fully saturated rings. The Bertz CT molecular complexity index is 1310. The van der Waals surface area contributed by atoms with Crippen LogP contribution in [0.15, 0.2) is 60.7 Å². The van der Waals surface area contributed by atoms with E-state index in [1.165, 1.54) is 64.8 Å². The van der Waals surface area contributed by atoms with E-state index >= 15 is 0 Å². The smallest absolute Gasteiger partial charge is 0.269 e. The number of hydrogen-bond acceptors (Lipinski definition) is 8. The van der Waals surface area contributed by atoms with Gasteiger partial charge in [0.2, 0.25) is 5.91 Å². The lowest BCUT2D eigenvalue weighted by Crippen LogP contribution is -2.14. The first-order chi connectivity index (χ1) is 17.8. The van der Waals surface area contributed by atoms with Crippen molar-refractivity contribution in [2.24, 2.45) is 0 Å². The second-order valence-corrected chi connectivity index (χ2v) is 7.44. The van der Waals surface area contributed by atoms with E-state index in [9.17, 15) is 19.7 Å². The number of ether oxygens (including phenoxy) is 4. The fourth-order valence-electron chi connectivity index (χ4n) is 3.35. The van der Waals surface area contributed by atoms with Gasteiger partial charge in [-0.25, -0.2) is 0 Å². The van der Waals surface area contributed by atoms with Crippen LogP contribution in [0.5, 0.6) is 23.0 Å². The number of nitro groups is 1. The van der Waals surface area contributed by atoms with Gasteiger partial charge in [-0.1, -0.05) is 0 Å². The zero-order valence-corrected chi connectivity index (χ0v) is 20.6. The van der Waals surface area contributed by atoms with E-state index in [1.807, 2.05) is 0 Å². The molecule has 0 aliphatic rings. The molecule has 192 valence electrons. The Balaban J connectivity index is 1.78. The highest BCUT2D eigenvalue weighted by Crippen LogP contribution is 2.35. The Morgan fingerprint density at radius 3 is 1.97 bits per heavy atom. The molecule has 11 heteroatoms. The number of hydrogen-bond donors (Lipinski definition) is 2. The molecule has 0 heterocycles. The Hall–Kier alpha value is -5.06. The van der Waals surface area contributed by atoms with Gasteiger partial charge in [-0.2, -0.15) is 0 Å². The summed E-state index contributed by atoms with van der Waals surface area (Å²) in [5.74, 6) is 0.864. The largest absolute Gasteiger partial charge is 0.496 e. The van der Waals surface area contributed by atoms with Crippen molar-refractivity contribution in [3.8, 4) is 23.0 Å². The average molecular weight is 507 g/mol. The summed E-state index contributed by atoms with van der Waals surface area (Å²) in [6, 6.07) is 13.2. The summed E-state index contributed by atoms with van der Waals surface area (Å²) in [4.78, 5) is 35.6. The summed E-state index contributed by atoms with van der Waals surface area (Å²) < 4.78 is 21.3. The van der Waals surface area contributed by atoms with Crippen molar-refractivity contribution in [3.63, 3.8) is 0 Å². The van der Waals surface area contributed by atoms with Gasteiger partial charge in [-0.05, 0) is 36.4 Å². The Labute approximate surface area is 212 Å². The van der Waals surface area contributed by atoms with E-state index in [4.69, 9.17) is 18.9 Å². The van der Waals surface area contributed by atoms with E-state index in [0.29, 0.717) is 39.9 Å². The second-order valence-electron chi connectivity index (χ2n) is 7.44. The lowest BCUT2D eigenvalue weighted by molar-refractivity contribution is -0.384. The van der Waals surface area contributed by atoms with Crippen LogP contribution in [0.4, 0.5) is 17.1 Å². The van der Waals surface area contributed by atoms with Gasteiger partial charge in [-0.3, -0.25) is 19.7 Å². The summed E-state index contributed by atoms with van der Waals surface area (Å²) in [5, 5.41) is 16.2. The molecule has 0 bridgehead atoms. The molecule has 2 amide bonds. The molecule has 11 nitrogen and oxygen atoms in total. The maximum atomic E-state index is 12.7. The molecule has 0 radical (unpaired) electrons. The standard InChI is InChI=1S/C26H25N3O8/c1-34-19-14-23(36-3)20(24(15-19)37-4)10-12-25(30)27-17-7-11-22(35-2)21(13-17)28-26(31)16-5-8-18(9-6-16)29(32)33/h5-15H,1-4H3,(H,27,30)(H,28,31). The van der Waals surface area contributed by atoms with Crippen LogP contribution in [0.1, 0.15) is 15.9 Å². The second kappa shape index (κ2) is 12.1. The van der Waals surface area contributed by atoms with Gasteiger partial charge >= 0.3 is 0 Å². The number of carbonyl (C=O) groups is 2. The van der Waals surface area contributed by atoms with Crippen molar-refractivity contribution >= 4 is 35.0 Å². The number of benzene rings is 3.